The second-order valence-corrected chi connectivity index (χ2v) is 9.21. The summed E-state index contributed by atoms with van der Waals surface area (Å²) in [5.41, 5.74) is 1.64. The van der Waals surface area contributed by atoms with E-state index in [1.807, 2.05) is 41.3 Å². The molecule has 1 aromatic heterocycles. The van der Waals surface area contributed by atoms with E-state index in [1.165, 1.54) is 0 Å². The molecule has 2 saturated heterocycles. The Morgan fingerprint density at radius 1 is 1.14 bits per heavy atom. The first-order valence-electron chi connectivity index (χ1n) is 9.57. The number of nitrogens with zero attached hydrogens (tertiary/aromatic N) is 1. The highest BCUT2D eigenvalue weighted by molar-refractivity contribution is 7.19. The number of rotatable bonds is 2. The predicted molar refractivity (Wildman–Crippen MR) is 114 cm³/mol. The van der Waals surface area contributed by atoms with Gasteiger partial charge in [-0.2, -0.15) is 0 Å². The van der Waals surface area contributed by atoms with Crippen molar-refractivity contribution in [3.8, 4) is 10.4 Å². The number of thiophene rings is 1. The van der Waals surface area contributed by atoms with Crippen molar-refractivity contribution in [2.24, 2.45) is 0 Å². The van der Waals surface area contributed by atoms with Gasteiger partial charge in [0, 0.05) is 23.5 Å². The van der Waals surface area contributed by atoms with E-state index >= 15 is 0 Å². The molecule has 2 aromatic carbocycles. The number of morpholine rings is 1. The molecule has 0 radical (unpaired) electrons. The second kappa shape index (κ2) is 7.16. The van der Waals surface area contributed by atoms with E-state index in [1.54, 1.807) is 11.3 Å². The minimum Gasteiger partial charge on any atom is -0.370 e. The zero-order chi connectivity index (χ0) is 19.1. The van der Waals surface area contributed by atoms with Crippen LogP contribution in [0.2, 0.25) is 4.34 Å². The molecule has 0 saturated carbocycles. The molecule has 0 aliphatic carbocycles. The third-order valence-corrected chi connectivity index (χ3v) is 7.00. The van der Waals surface area contributed by atoms with Gasteiger partial charge < -0.3 is 15.0 Å². The maximum absolute atomic E-state index is 13.4. The number of hydrogen-bond donors (Lipinski definition) is 1. The molecule has 1 spiro atoms. The van der Waals surface area contributed by atoms with Crippen LogP contribution < -0.4 is 5.32 Å². The van der Waals surface area contributed by atoms with Crippen molar-refractivity contribution in [3.05, 3.63) is 58.4 Å². The Bertz CT molecular complexity index is 1040. The molecule has 1 unspecified atom stereocenters. The third-order valence-electron chi connectivity index (χ3n) is 5.73. The van der Waals surface area contributed by atoms with E-state index in [0.717, 1.165) is 50.6 Å². The lowest BCUT2D eigenvalue weighted by molar-refractivity contribution is -0.0866. The summed E-state index contributed by atoms with van der Waals surface area (Å²) in [6.45, 7) is 3.64. The minimum absolute atomic E-state index is 0.0848. The molecule has 5 rings (SSSR count). The van der Waals surface area contributed by atoms with Crippen LogP contribution in [0, 0.1) is 0 Å². The molecule has 6 heteroatoms. The lowest BCUT2D eigenvalue weighted by Crippen LogP contribution is -2.54. The monoisotopic (exact) mass is 412 g/mol. The normalized spacial score (nSPS) is 22.2. The lowest BCUT2D eigenvalue weighted by atomic mass is 9.96. The number of halogens is 1. The molecule has 28 heavy (non-hydrogen) atoms. The first-order chi connectivity index (χ1) is 13.7. The minimum atomic E-state index is -0.225. The Morgan fingerprint density at radius 2 is 2.00 bits per heavy atom. The first kappa shape index (κ1) is 18.1. The molecule has 1 amide bonds. The average Bonchev–Trinajstić information content (AvgIpc) is 3.35. The van der Waals surface area contributed by atoms with Gasteiger partial charge in [-0.25, -0.2) is 0 Å². The van der Waals surface area contributed by atoms with Crippen LogP contribution in [0.25, 0.3) is 21.2 Å². The summed E-state index contributed by atoms with van der Waals surface area (Å²) < 4.78 is 6.81. The Morgan fingerprint density at radius 3 is 2.79 bits per heavy atom. The summed E-state index contributed by atoms with van der Waals surface area (Å²) in [4.78, 5) is 16.5. The van der Waals surface area contributed by atoms with Gasteiger partial charge in [-0.3, -0.25) is 4.79 Å². The zero-order valence-electron chi connectivity index (χ0n) is 15.4. The molecule has 2 fully saturated rings. The van der Waals surface area contributed by atoms with Crippen molar-refractivity contribution in [2.75, 3.05) is 32.8 Å². The summed E-state index contributed by atoms with van der Waals surface area (Å²) >= 11 is 7.70. The van der Waals surface area contributed by atoms with Crippen molar-refractivity contribution in [2.45, 2.75) is 12.0 Å². The smallest absolute Gasteiger partial charge is 0.254 e. The molecule has 144 valence electrons. The van der Waals surface area contributed by atoms with Crippen molar-refractivity contribution >= 4 is 39.6 Å². The fraction of sp³-hybridized carbons (Fsp3) is 0.318. The number of carbonyl (C=O) groups excluding carboxylic acids is 1. The number of hydrogen-bond acceptors (Lipinski definition) is 4. The fourth-order valence-corrected chi connectivity index (χ4v) is 5.42. The first-order valence-corrected chi connectivity index (χ1v) is 10.8. The average molecular weight is 413 g/mol. The van der Waals surface area contributed by atoms with Crippen LogP contribution in [0.5, 0.6) is 0 Å². The molecule has 2 aliphatic rings. The summed E-state index contributed by atoms with van der Waals surface area (Å²) in [6, 6.07) is 16.1. The highest BCUT2D eigenvalue weighted by Gasteiger charge is 2.41. The van der Waals surface area contributed by atoms with E-state index in [0.29, 0.717) is 19.7 Å². The van der Waals surface area contributed by atoms with E-state index in [9.17, 15) is 4.79 Å². The summed E-state index contributed by atoms with van der Waals surface area (Å²) in [6.07, 6.45) is 0.954. The predicted octanol–water partition coefficient (Wildman–Crippen LogP) is 4.43. The van der Waals surface area contributed by atoms with Crippen molar-refractivity contribution in [3.63, 3.8) is 0 Å². The van der Waals surface area contributed by atoms with Crippen molar-refractivity contribution in [1.29, 1.82) is 0 Å². The lowest BCUT2D eigenvalue weighted by Gasteiger charge is -2.40. The van der Waals surface area contributed by atoms with Crippen LogP contribution in [-0.2, 0) is 4.74 Å². The highest BCUT2D eigenvalue weighted by atomic mass is 35.5. The topological polar surface area (TPSA) is 41.6 Å². The standard InChI is InChI=1S/C22H21ClN2O2S/c23-20-8-7-19(28-20)17-5-1-4-16-15(17)3-2-6-18(16)21(26)25-11-12-27-22(14-25)9-10-24-13-22/h1-8,24H,9-14H2. The maximum atomic E-state index is 13.4. The number of amides is 1. The number of fused-ring (bicyclic) bond motifs is 1. The molecule has 3 aromatic rings. The largest absolute Gasteiger partial charge is 0.370 e. The number of nitrogens with one attached hydrogen (secondary N) is 1. The van der Waals surface area contributed by atoms with E-state index in [4.69, 9.17) is 16.3 Å². The Labute approximate surface area is 173 Å². The van der Waals surface area contributed by atoms with Crippen LogP contribution in [0.15, 0.2) is 48.5 Å². The van der Waals surface area contributed by atoms with Crippen molar-refractivity contribution in [1.82, 2.24) is 10.2 Å². The SMILES string of the molecule is O=C(c1cccc2c(-c3ccc(Cl)s3)cccc12)N1CCOC2(CCNC2)C1. The summed E-state index contributed by atoms with van der Waals surface area (Å²) in [5.74, 6) is 0.0848. The summed E-state index contributed by atoms with van der Waals surface area (Å²) in [7, 11) is 0. The van der Waals surface area contributed by atoms with Gasteiger partial charge in [0.1, 0.15) is 0 Å². The van der Waals surface area contributed by atoms with E-state index in [2.05, 4.69) is 17.4 Å². The van der Waals surface area contributed by atoms with Crippen LogP contribution in [-0.4, -0.2) is 49.2 Å². The molecule has 4 nitrogen and oxygen atoms in total. The zero-order valence-corrected chi connectivity index (χ0v) is 17.0. The highest BCUT2D eigenvalue weighted by Crippen LogP contribution is 2.36. The van der Waals surface area contributed by atoms with Gasteiger partial charge in [-0.05, 0) is 47.5 Å². The number of carbonyl (C=O) groups is 1. The van der Waals surface area contributed by atoms with Gasteiger partial charge >= 0.3 is 0 Å². The van der Waals surface area contributed by atoms with Gasteiger partial charge in [0.25, 0.3) is 5.91 Å². The van der Waals surface area contributed by atoms with Gasteiger partial charge in [-0.1, -0.05) is 41.9 Å². The number of ether oxygens (including phenoxy) is 1. The Hall–Kier alpha value is -1.92. The molecule has 0 bridgehead atoms. The molecule has 1 N–H and O–H groups in total. The second-order valence-electron chi connectivity index (χ2n) is 7.49. The Balaban J connectivity index is 1.53. The third kappa shape index (κ3) is 3.12. The Kier molecular flexibility index (Phi) is 4.63. The summed E-state index contributed by atoms with van der Waals surface area (Å²) in [5, 5.41) is 5.43. The maximum Gasteiger partial charge on any atom is 0.254 e. The quantitative estimate of drug-likeness (QED) is 0.677. The van der Waals surface area contributed by atoms with Crippen LogP contribution >= 0.6 is 22.9 Å². The fourth-order valence-electron chi connectivity index (χ4n) is 4.34. The molecule has 2 aliphatic heterocycles. The van der Waals surface area contributed by atoms with Gasteiger partial charge in [-0.15, -0.1) is 11.3 Å². The van der Waals surface area contributed by atoms with Crippen LogP contribution in [0.3, 0.4) is 0 Å². The molecular formula is C22H21ClN2O2S. The number of benzene rings is 2. The van der Waals surface area contributed by atoms with Gasteiger partial charge in [0.15, 0.2) is 0 Å². The van der Waals surface area contributed by atoms with E-state index < -0.39 is 0 Å². The van der Waals surface area contributed by atoms with Crippen LogP contribution in [0.4, 0.5) is 0 Å². The van der Waals surface area contributed by atoms with Gasteiger partial charge in [0.2, 0.25) is 0 Å². The van der Waals surface area contributed by atoms with Crippen LogP contribution in [0.1, 0.15) is 16.8 Å². The van der Waals surface area contributed by atoms with Crippen molar-refractivity contribution < 1.29 is 9.53 Å². The van der Waals surface area contributed by atoms with Gasteiger partial charge in [0.05, 0.1) is 23.1 Å². The van der Waals surface area contributed by atoms with E-state index in [-0.39, 0.29) is 11.5 Å². The molecule has 3 heterocycles. The molecule has 1 atom stereocenters. The molecular weight excluding hydrogens is 392 g/mol.